The number of benzene rings is 18. The molecule has 0 bridgehead atoms. The first kappa shape index (κ1) is 74.5. The van der Waals surface area contributed by atoms with Crippen molar-refractivity contribution in [2.75, 3.05) is 0 Å². The highest BCUT2D eigenvalue weighted by molar-refractivity contribution is 6.13. The summed E-state index contributed by atoms with van der Waals surface area (Å²) in [6.07, 6.45) is 10.9. The Hall–Kier alpha value is -17.8. The summed E-state index contributed by atoms with van der Waals surface area (Å²) in [4.78, 5) is 43.4. The van der Waals surface area contributed by atoms with Gasteiger partial charge in [-0.05, 0) is 200 Å². The third kappa shape index (κ3) is 16.8. The highest BCUT2D eigenvalue weighted by atomic mass is 14.9. The zero-order valence-electron chi connectivity index (χ0n) is 76.4. The standard InChI is InChI=1S/C45H29N3.C41H27N3.C37H25N3/c1-3-19-37-30(11-1)13-9-23-38(37)32-15-8-17-35(26-32)44-28-43(34-16-7-14-31(25-34)36-18-10-24-46-29-36)47-45(48-44)42-27-33-12-2-4-20-39(33)40-21-5-6-22-41(40)42;1-2-11-30-24-35(21-20-28(30)9-1)41-43-39(33-15-5-13-31(23-33)36-17-8-22-42-27-36)26-40(44-41)34-16-6-14-32(25-34)38-19-7-12-29-10-3-4-18-37(29)38;1-2-11-27(12-3-1)37-39-35(30-16-6-14-28(22-30)32-18-9-21-38-25-32)24-36(40-37)31-17-7-15-29(23-31)34-20-8-13-26-10-4-5-19-33(26)34/h1-29H;1-27H;1-25H/i;;1D,2D,3D,11D,12D. The molecule has 24 rings (SSSR count). The molecule has 0 unspecified atom stereocenters. The number of nitrogens with zero attached hydrogens (tertiary/aromatic N) is 9. The van der Waals surface area contributed by atoms with E-state index in [0.717, 1.165) is 144 Å². The van der Waals surface area contributed by atoms with Gasteiger partial charge in [0.05, 0.1) is 41.0 Å². The molecule has 9 nitrogen and oxygen atoms in total. The van der Waals surface area contributed by atoms with Crippen molar-refractivity contribution in [1.82, 2.24) is 44.9 Å². The molecule has 18 aromatic carbocycles. The number of hydrogen-bond donors (Lipinski definition) is 0. The molecule has 618 valence electrons. The number of aromatic nitrogens is 9. The van der Waals surface area contributed by atoms with Gasteiger partial charge in [0, 0.05) is 104 Å². The normalized spacial score (nSPS) is 11.7. The van der Waals surface area contributed by atoms with Gasteiger partial charge in [-0.1, -0.05) is 370 Å². The van der Waals surface area contributed by atoms with Crippen molar-refractivity contribution in [1.29, 1.82) is 0 Å². The third-order valence-electron chi connectivity index (χ3n) is 24.2. The topological polar surface area (TPSA) is 116 Å². The van der Waals surface area contributed by atoms with Crippen LogP contribution in [0.1, 0.15) is 6.85 Å². The zero-order chi connectivity index (χ0) is 92.2. The van der Waals surface area contributed by atoms with Crippen molar-refractivity contribution in [3.63, 3.8) is 0 Å². The lowest BCUT2D eigenvalue weighted by atomic mass is 9.95. The van der Waals surface area contributed by atoms with E-state index in [1.54, 1.807) is 24.8 Å². The Balaban J connectivity index is 0.000000119. The minimum atomic E-state index is -0.461. The maximum Gasteiger partial charge on any atom is 0.161 e. The molecule has 6 heterocycles. The minimum Gasteiger partial charge on any atom is -0.264 e. The first-order valence-corrected chi connectivity index (χ1v) is 43.9. The van der Waals surface area contributed by atoms with Crippen LogP contribution in [0.5, 0.6) is 0 Å². The Bertz CT molecular complexity index is 8720. The lowest BCUT2D eigenvalue weighted by Crippen LogP contribution is -1.97. The van der Waals surface area contributed by atoms with Crippen molar-refractivity contribution in [3.8, 4) is 168 Å². The lowest BCUT2D eigenvalue weighted by Gasteiger charge is -2.14. The SMILES string of the molecule is [2H]c1c([2H])c([2H])c(-c2nc(-c3cccc(-c4cccnc4)c3)cc(-c3cccc(-c4cccc5ccccc45)c3)n2)c([2H])c1[2H].c1cncc(-c2cccc(-c3cc(-c4cccc(-c5cccc6ccccc56)c4)nc(-c4cc5ccccc5c5ccccc45)n3)c2)c1.c1cncc(-c2cccc(-c3cc(-c4cccc(-c5cccc6ccccc56)c4)nc(-c4ccc5ccccc5c4)n3)c2)c1. The Morgan fingerprint density at radius 3 is 0.841 bits per heavy atom. The van der Waals surface area contributed by atoms with Crippen LogP contribution in [0.3, 0.4) is 0 Å². The van der Waals surface area contributed by atoms with Gasteiger partial charge in [0.15, 0.2) is 17.5 Å². The van der Waals surface area contributed by atoms with Gasteiger partial charge in [0.2, 0.25) is 0 Å². The molecule has 24 aromatic rings. The van der Waals surface area contributed by atoms with Crippen LogP contribution in [0.15, 0.2) is 492 Å². The van der Waals surface area contributed by atoms with Gasteiger partial charge in [-0.2, -0.15) is 0 Å². The molecular formula is C123H81N9. The average Bonchev–Trinajstić information content (AvgIpc) is 0.758. The van der Waals surface area contributed by atoms with Crippen molar-refractivity contribution >= 4 is 64.6 Å². The van der Waals surface area contributed by atoms with Crippen LogP contribution >= 0.6 is 0 Å². The Morgan fingerprint density at radius 2 is 0.447 bits per heavy atom. The van der Waals surface area contributed by atoms with Gasteiger partial charge in [0.25, 0.3) is 0 Å². The molecule has 0 aliphatic rings. The van der Waals surface area contributed by atoms with E-state index in [9.17, 15) is 0 Å². The summed E-state index contributed by atoms with van der Waals surface area (Å²) < 4.78 is 41.9. The summed E-state index contributed by atoms with van der Waals surface area (Å²) in [6, 6.07) is 145. The summed E-state index contributed by atoms with van der Waals surface area (Å²) in [5.41, 5.74) is 25.4. The summed E-state index contributed by atoms with van der Waals surface area (Å²) in [7, 11) is 0. The first-order chi connectivity index (χ1) is 67.4. The molecule has 6 aromatic heterocycles. The number of pyridine rings is 3. The fourth-order valence-electron chi connectivity index (χ4n) is 17.7. The highest BCUT2D eigenvalue weighted by Crippen LogP contribution is 2.42. The van der Waals surface area contributed by atoms with Gasteiger partial charge >= 0.3 is 0 Å². The molecule has 9 heteroatoms. The minimum absolute atomic E-state index is 0.0438. The molecule has 0 atom stereocenters. The Morgan fingerprint density at radius 1 is 0.152 bits per heavy atom. The molecule has 0 spiro atoms. The quantitative estimate of drug-likeness (QED) is 0.0925. The van der Waals surface area contributed by atoms with Crippen molar-refractivity contribution < 1.29 is 6.85 Å². The zero-order valence-corrected chi connectivity index (χ0v) is 71.4. The largest absolute Gasteiger partial charge is 0.264 e. The second kappa shape index (κ2) is 36.3. The van der Waals surface area contributed by atoms with Crippen LogP contribution < -0.4 is 0 Å². The second-order valence-corrected chi connectivity index (χ2v) is 32.4. The molecule has 0 aliphatic carbocycles. The van der Waals surface area contributed by atoms with Gasteiger partial charge in [-0.15, -0.1) is 0 Å². The number of fused-ring (bicyclic) bond motifs is 7. The van der Waals surface area contributed by atoms with Gasteiger partial charge < -0.3 is 0 Å². The highest BCUT2D eigenvalue weighted by Gasteiger charge is 2.21. The number of hydrogen-bond acceptors (Lipinski definition) is 9. The summed E-state index contributed by atoms with van der Waals surface area (Å²) in [6.45, 7) is 0. The summed E-state index contributed by atoms with van der Waals surface area (Å²) >= 11 is 0. The first-order valence-electron chi connectivity index (χ1n) is 46.4. The monoisotopic (exact) mass is 1690 g/mol. The molecule has 132 heavy (non-hydrogen) atoms. The van der Waals surface area contributed by atoms with E-state index in [2.05, 4.69) is 355 Å². The van der Waals surface area contributed by atoms with Gasteiger partial charge in [0.1, 0.15) is 0 Å². The maximum absolute atomic E-state index is 8.63. The molecule has 0 N–H and O–H groups in total. The Labute approximate surface area is 772 Å². The summed E-state index contributed by atoms with van der Waals surface area (Å²) in [5.74, 6) is 1.46. The van der Waals surface area contributed by atoms with Crippen LogP contribution in [0.4, 0.5) is 0 Å². The van der Waals surface area contributed by atoms with E-state index in [1.165, 1.54) is 54.2 Å². The van der Waals surface area contributed by atoms with Gasteiger partial charge in [-0.3, -0.25) is 15.0 Å². The number of rotatable bonds is 15. The lowest BCUT2D eigenvalue weighted by molar-refractivity contribution is 1.18. The van der Waals surface area contributed by atoms with Crippen LogP contribution in [0.25, 0.3) is 233 Å². The molecule has 0 amide bonds. The molecule has 0 fully saturated rings. The van der Waals surface area contributed by atoms with Crippen molar-refractivity contribution in [2.24, 2.45) is 0 Å². The molecular weight excluding hydrogens is 1600 g/mol. The van der Waals surface area contributed by atoms with Gasteiger partial charge in [-0.25, -0.2) is 29.9 Å². The van der Waals surface area contributed by atoms with Crippen molar-refractivity contribution in [3.05, 3.63) is 492 Å². The molecule has 0 saturated heterocycles. The van der Waals surface area contributed by atoms with E-state index < -0.39 is 18.1 Å². The van der Waals surface area contributed by atoms with Crippen LogP contribution in [0, 0.1) is 0 Å². The van der Waals surface area contributed by atoms with E-state index >= 15 is 0 Å². The van der Waals surface area contributed by atoms with Crippen molar-refractivity contribution in [2.45, 2.75) is 0 Å². The summed E-state index contributed by atoms with van der Waals surface area (Å²) in [5, 5.41) is 14.3. The van der Waals surface area contributed by atoms with E-state index in [-0.39, 0.29) is 23.5 Å². The fourth-order valence-corrected chi connectivity index (χ4v) is 17.7. The van der Waals surface area contributed by atoms with E-state index in [1.807, 2.05) is 97.3 Å². The smallest absolute Gasteiger partial charge is 0.161 e. The fraction of sp³-hybridized carbons (Fsp3) is 0. The second-order valence-electron chi connectivity index (χ2n) is 32.4. The average molecular weight is 1690 g/mol. The predicted octanol–water partition coefficient (Wildman–Crippen LogP) is 31.5. The van der Waals surface area contributed by atoms with E-state index in [0.29, 0.717) is 23.0 Å². The molecule has 0 saturated carbocycles. The molecule has 0 radical (unpaired) electrons. The maximum atomic E-state index is 8.63. The van der Waals surface area contributed by atoms with Crippen LogP contribution in [0.2, 0.25) is 0 Å². The third-order valence-corrected chi connectivity index (χ3v) is 24.2. The van der Waals surface area contributed by atoms with E-state index in [4.69, 9.17) is 36.8 Å². The molecule has 0 aliphatic heterocycles. The predicted molar refractivity (Wildman–Crippen MR) is 546 cm³/mol. The Kier molecular flexibility index (Phi) is 20.5. The van der Waals surface area contributed by atoms with Crippen LogP contribution in [-0.2, 0) is 0 Å². The van der Waals surface area contributed by atoms with Crippen LogP contribution in [-0.4, -0.2) is 44.9 Å².